The molecular weight excluding hydrogens is 359 g/mol. The maximum atomic E-state index is 13.6. The van der Waals surface area contributed by atoms with Crippen LogP contribution in [0.2, 0.25) is 0 Å². The number of aromatic nitrogens is 2. The standard InChI is InChI=1S/C21H21FN4O2/c1-2-28-19-10-6-5-9-18(19)26-21-24-13-16(14-25-21)20(27)23-12-11-15-7-3-4-8-17(15)22/h3-10,13-14H,2,11-12H2,1H3,(H,23,27)(H,24,25,26). The minimum Gasteiger partial charge on any atom is -0.492 e. The summed E-state index contributed by atoms with van der Waals surface area (Å²) < 4.78 is 19.1. The Kier molecular flexibility index (Phi) is 6.51. The van der Waals surface area contributed by atoms with E-state index < -0.39 is 0 Å². The topological polar surface area (TPSA) is 76.1 Å². The fraction of sp³-hybridized carbons (Fsp3) is 0.190. The number of hydrogen-bond donors (Lipinski definition) is 2. The van der Waals surface area contributed by atoms with Crippen molar-refractivity contribution in [1.82, 2.24) is 15.3 Å². The minimum atomic E-state index is -0.308. The monoisotopic (exact) mass is 380 g/mol. The van der Waals surface area contributed by atoms with E-state index >= 15 is 0 Å². The zero-order chi connectivity index (χ0) is 19.8. The molecule has 0 bridgehead atoms. The smallest absolute Gasteiger partial charge is 0.254 e. The summed E-state index contributed by atoms with van der Waals surface area (Å²) in [6.07, 6.45) is 3.29. The van der Waals surface area contributed by atoms with E-state index in [0.29, 0.717) is 42.4 Å². The van der Waals surface area contributed by atoms with Crippen LogP contribution in [0.5, 0.6) is 5.75 Å². The van der Waals surface area contributed by atoms with Crippen LogP contribution < -0.4 is 15.4 Å². The van der Waals surface area contributed by atoms with Gasteiger partial charge in [-0.2, -0.15) is 0 Å². The van der Waals surface area contributed by atoms with Crippen molar-refractivity contribution in [2.45, 2.75) is 13.3 Å². The van der Waals surface area contributed by atoms with E-state index in [9.17, 15) is 9.18 Å². The fourth-order valence-corrected chi connectivity index (χ4v) is 2.60. The lowest BCUT2D eigenvalue weighted by molar-refractivity contribution is 0.0953. The van der Waals surface area contributed by atoms with Crippen molar-refractivity contribution in [2.24, 2.45) is 0 Å². The number of carbonyl (C=O) groups excluding carboxylic acids is 1. The van der Waals surface area contributed by atoms with Gasteiger partial charge in [-0.15, -0.1) is 0 Å². The number of benzene rings is 2. The van der Waals surface area contributed by atoms with Gasteiger partial charge in [-0.3, -0.25) is 4.79 Å². The molecule has 2 aromatic carbocycles. The zero-order valence-electron chi connectivity index (χ0n) is 15.5. The molecule has 2 N–H and O–H groups in total. The predicted molar refractivity (Wildman–Crippen MR) is 105 cm³/mol. The van der Waals surface area contributed by atoms with E-state index in [2.05, 4.69) is 20.6 Å². The van der Waals surface area contributed by atoms with Gasteiger partial charge in [0.15, 0.2) is 0 Å². The van der Waals surface area contributed by atoms with Crippen LogP contribution in [0.3, 0.4) is 0 Å². The molecule has 0 aliphatic heterocycles. The zero-order valence-corrected chi connectivity index (χ0v) is 15.5. The first-order valence-electron chi connectivity index (χ1n) is 9.00. The van der Waals surface area contributed by atoms with E-state index in [0.717, 1.165) is 5.69 Å². The molecule has 0 aliphatic carbocycles. The van der Waals surface area contributed by atoms with Crippen molar-refractivity contribution in [2.75, 3.05) is 18.5 Å². The van der Waals surface area contributed by atoms with Crippen LogP contribution in [0.4, 0.5) is 16.0 Å². The fourth-order valence-electron chi connectivity index (χ4n) is 2.60. The highest BCUT2D eigenvalue weighted by Gasteiger charge is 2.09. The van der Waals surface area contributed by atoms with Crippen molar-refractivity contribution in [1.29, 1.82) is 0 Å². The number of carbonyl (C=O) groups is 1. The van der Waals surface area contributed by atoms with Gasteiger partial charge in [-0.25, -0.2) is 14.4 Å². The Morgan fingerprint density at radius 2 is 1.79 bits per heavy atom. The molecule has 3 rings (SSSR count). The van der Waals surface area contributed by atoms with Gasteiger partial charge in [0.25, 0.3) is 5.91 Å². The van der Waals surface area contributed by atoms with E-state index in [1.54, 1.807) is 18.2 Å². The lowest BCUT2D eigenvalue weighted by Crippen LogP contribution is -2.26. The molecule has 1 amide bonds. The molecule has 0 atom stereocenters. The Hall–Kier alpha value is -3.48. The second-order valence-corrected chi connectivity index (χ2v) is 5.95. The summed E-state index contributed by atoms with van der Waals surface area (Å²) in [6.45, 7) is 2.78. The van der Waals surface area contributed by atoms with Crippen LogP contribution in [0, 0.1) is 5.82 Å². The molecule has 0 saturated heterocycles. The molecule has 28 heavy (non-hydrogen) atoms. The van der Waals surface area contributed by atoms with Crippen molar-refractivity contribution >= 4 is 17.5 Å². The van der Waals surface area contributed by atoms with E-state index in [-0.39, 0.29) is 11.7 Å². The summed E-state index contributed by atoms with van der Waals surface area (Å²) in [5.74, 6) is 0.471. The van der Waals surface area contributed by atoms with Crippen LogP contribution in [-0.4, -0.2) is 29.0 Å². The summed E-state index contributed by atoms with van der Waals surface area (Å²) in [4.78, 5) is 20.6. The number of hydrogen-bond acceptors (Lipinski definition) is 5. The molecule has 1 aromatic heterocycles. The van der Waals surface area contributed by atoms with Gasteiger partial charge in [0.2, 0.25) is 5.95 Å². The quantitative estimate of drug-likeness (QED) is 0.623. The second-order valence-electron chi connectivity index (χ2n) is 5.95. The number of nitrogens with one attached hydrogen (secondary N) is 2. The summed E-state index contributed by atoms with van der Waals surface area (Å²) >= 11 is 0. The molecule has 0 spiro atoms. The highest BCUT2D eigenvalue weighted by molar-refractivity contribution is 5.93. The van der Waals surface area contributed by atoms with E-state index in [1.165, 1.54) is 18.5 Å². The first kappa shape index (κ1) is 19.3. The lowest BCUT2D eigenvalue weighted by Gasteiger charge is -2.11. The Morgan fingerprint density at radius 3 is 2.54 bits per heavy atom. The molecular formula is C21H21FN4O2. The molecule has 1 heterocycles. The molecule has 0 radical (unpaired) electrons. The third-order valence-corrected chi connectivity index (χ3v) is 3.99. The van der Waals surface area contributed by atoms with E-state index in [1.807, 2.05) is 31.2 Å². The first-order chi connectivity index (χ1) is 13.7. The van der Waals surface area contributed by atoms with Crippen LogP contribution >= 0.6 is 0 Å². The Morgan fingerprint density at radius 1 is 1.07 bits per heavy atom. The van der Waals surface area contributed by atoms with Gasteiger partial charge in [0.05, 0.1) is 17.9 Å². The Bertz CT molecular complexity index is 932. The van der Waals surface area contributed by atoms with Gasteiger partial charge in [-0.05, 0) is 37.1 Å². The summed E-state index contributed by atoms with van der Waals surface area (Å²) in [7, 11) is 0. The predicted octanol–water partition coefficient (Wildman–Crippen LogP) is 3.73. The minimum absolute atomic E-state index is 0.275. The van der Waals surface area contributed by atoms with Gasteiger partial charge in [-0.1, -0.05) is 30.3 Å². The third-order valence-electron chi connectivity index (χ3n) is 3.99. The number of halogens is 1. The van der Waals surface area contributed by atoms with E-state index in [4.69, 9.17) is 4.74 Å². The molecule has 3 aromatic rings. The second kappa shape index (κ2) is 9.45. The molecule has 144 valence electrons. The van der Waals surface area contributed by atoms with Crippen molar-refractivity contribution in [3.8, 4) is 5.75 Å². The average Bonchev–Trinajstić information content (AvgIpc) is 2.71. The molecule has 0 aliphatic rings. The maximum absolute atomic E-state index is 13.6. The number of nitrogens with zero attached hydrogens (tertiary/aromatic N) is 2. The van der Waals surface area contributed by atoms with Crippen molar-refractivity contribution < 1.29 is 13.9 Å². The highest BCUT2D eigenvalue weighted by atomic mass is 19.1. The lowest BCUT2D eigenvalue weighted by atomic mass is 10.1. The number of amides is 1. The normalized spacial score (nSPS) is 10.4. The van der Waals surface area contributed by atoms with Gasteiger partial charge < -0.3 is 15.4 Å². The van der Waals surface area contributed by atoms with Crippen LogP contribution in [0.1, 0.15) is 22.8 Å². The summed E-state index contributed by atoms with van der Waals surface area (Å²) in [5.41, 5.74) is 1.63. The molecule has 7 heteroatoms. The van der Waals surface area contributed by atoms with Crippen molar-refractivity contribution in [3.63, 3.8) is 0 Å². The largest absolute Gasteiger partial charge is 0.492 e. The van der Waals surface area contributed by atoms with Crippen LogP contribution in [-0.2, 0) is 6.42 Å². The Balaban J connectivity index is 1.56. The molecule has 6 nitrogen and oxygen atoms in total. The van der Waals surface area contributed by atoms with Crippen molar-refractivity contribution in [3.05, 3.63) is 77.9 Å². The first-order valence-corrected chi connectivity index (χ1v) is 9.00. The summed E-state index contributed by atoms with van der Waals surface area (Å²) in [5, 5.41) is 5.82. The maximum Gasteiger partial charge on any atom is 0.254 e. The number of para-hydroxylation sites is 2. The van der Waals surface area contributed by atoms with Crippen LogP contribution in [0.25, 0.3) is 0 Å². The molecule has 0 unspecified atom stereocenters. The van der Waals surface area contributed by atoms with Crippen LogP contribution in [0.15, 0.2) is 60.9 Å². The Labute approximate surface area is 162 Å². The summed E-state index contributed by atoms with van der Waals surface area (Å²) in [6, 6.07) is 14.0. The average molecular weight is 380 g/mol. The van der Waals surface area contributed by atoms with Gasteiger partial charge in [0, 0.05) is 18.9 Å². The number of rotatable bonds is 8. The van der Waals surface area contributed by atoms with Gasteiger partial charge >= 0.3 is 0 Å². The molecule has 0 saturated carbocycles. The number of anilines is 2. The SMILES string of the molecule is CCOc1ccccc1Nc1ncc(C(=O)NCCc2ccccc2F)cn1. The van der Waals surface area contributed by atoms with Gasteiger partial charge in [0.1, 0.15) is 11.6 Å². The highest BCUT2D eigenvalue weighted by Crippen LogP contribution is 2.25. The third kappa shape index (κ3) is 5.03. The number of ether oxygens (including phenoxy) is 1. The molecule has 0 fully saturated rings.